The third kappa shape index (κ3) is 12.6. The second-order valence-electron chi connectivity index (χ2n) is 3.47. The lowest BCUT2D eigenvalue weighted by molar-refractivity contribution is 0.248. The maximum atomic E-state index is 11.1. The van der Waals surface area contributed by atoms with Crippen LogP contribution in [0.5, 0.6) is 0 Å². The summed E-state index contributed by atoms with van der Waals surface area (Å²) >= 11 is 0. The Balaban J connectivity index is 0. The van der Waals surface area contributed by atoms with Crippen LogP contribution >= 0.6 is 0 Å². The van der Waals surface area contributed by atoms with Crippen molar-refractivity contribution in [2.24, 2.45) is 16.6 Å². The highest BCUT2D eigenvalue weighted by atomic mass is 16.2. The first-order chi connectivity index (χ1) is 7.93. The van der Waals surface area contributed by atoms with Crippen LogP contribution in [0.15, 0.2) is 4.99 Å². The smallest absolute Gasteiger partial charge is 0.344 e. The summed E-state index contributed by atoms with van der Waals surface area (Å²) in [5.41, 5.74) is 5.35. The zero-order valence-electron chi connectivity index (χ0n) is 11.5. The number of guanidine groups is 1. The summed E-state index contributed by atoms with van der Waals surface area (Å²) in [6.45, 7) is 5.48. The lowest BCUT2D eigenvalue weighted by Gasteiger charge is -2.10. The molecule has 102 valence electrons. The second kappa shape index (κ2) is 11.2. The van der Waals surface area contributed by atoms with Crippen LogP contribution in [-0.2, 0) is 0 Å². The van der Waals surface area contributed by atoms with Gasteiger partial charge in [0.2, 0.25) is 5.96 Å². The van der Waals surface area contributed by atoms with Gasteiger partial charge in [0, 0.05) is 13.6 Å². The SMILES string of the molecule is CC.CN(C)CCCNC(=O)/N=C(/N)N(C)N. The zero-order valence-corrected chi connectivity index (χ0v) is 11.5. The molecule has 0 aliphatic rings. The van der Waals surface area contributed by atoms with E-state index in [1.807, 2.05) is 32.8 Å². The van der Waals surface area contributed by atoms with E-state index in [-0.39, 0.29) is 5.96 Å². The predicted octanol–water partition coefficient (Wildman–Crippen LogP) is -0.206. The minimum Gasteiger partial charge on any atom is -0.368 e. The largest absolute Gasteiger partial charge is 0.368 e. The van der Waals surface area contributed by atoms with Crippen LogP contribution < -0.4 is 16.9 Å². The Morgan fingerprint density at radius 3 is 2.24 bits per heavy atom. The Labute approximate surface area is 104 Å². The number of nitrogens with one attached hydrogen (secondary N) is 1. The first-order valence-electron chi connectivity index (χ1n) is 5.68. The Bertz CT molecular complexity index is 227. The third-order valence-corrected chi connectivity index (χ3v) is 1.64. The van der Waals surface area contributed by atoms with Gasteiger partial charge in [-0.05, 0) is 27.1 Å². The van der Waals surface area contributed by atoms with Crippen LogP contribution in [0.2, 0.25) is 0 Å². The third-order valence-electron chi connectivity index (χ3n) is 1.64. The van der Waals surface area contributed by atoms with Crippen molar-refractivity contribution < 1.29 is 4.79 Å². The van der Waals surface area contributed by atoms with Crippen molar-refractivity contribution in [1.29, 1.82) is 0 Å². The number of carbonyl (C=O) groups is 1. The van der Waals surface area contributed by atoms with Crippen molar-refractivity contribution in [3.05, 3.63) is 0 Å². The predicted molar refractivity (Wildman–Crippen MR) is 71.5 cm³/mol. The van der Waals surface area contributed by atoms with E-state index in [0.29, 0.717) is 6.54 Å². The molecule has 0 saturated heterocycles. The Hall–Kier alpha value is -1.34. The fourth-order valence-electron chi connectivity index (χ4n) is 0.813. The van der Waals surface area contributed by atoms with Crippen LogP contribution in [0.1, 0.15) is 20.3 Å². The van der Waals surface area contributed by atoms with Gasteiger partial charge in [0.1, 0.15) is 0 Å². The zero-order chi connectivity index (χ0) is 13.8. The number of hydrazine groups is 1. The van der Waals surface area contributed by atoms with Gasteiger partial charge in [-0.2, -0.15) is 4.99 Å². The number of rotatable bonds is 4. The number of hydrogen-bond donors (Lipinski definition) is 3. The number of aliphatic imine (C=N–C) groups is 1. The van der Waals surface area contributed by atoms with Gasteiger partial charge in [0.25, 0.3) is 0 Å². The molecule has 0 bridgehead atoms. The Morgan fingerprint density at radius 2 is 1.82 bits per heavy atom. The molecule has 0 atom stereocenters. The summed E-state index contributed by atoms with van der Waals surface area (Å²) in [5.74, 6) is 5.26. The van der Waals surface area contributed by atoms with Gasteiger partial charge >= 0.3 is 6.03 Å². The molecule has 0 rings (SSSR count). The van der Waals surface area contributed by atoms with E-state index < -0.39 is 6.03 Å². The van der Waals surface area contributed by atoms with E-state index in [9.17, 15) is 4.79 Å². The van der Waals surface area contributed by atoms with Gasteiger partial charge < -0.3 is 16.0 Å². The average molecular weight is 246 g/mol. The summed E-state index contributed by atoms with van der Waals surface area (Å²) < 4.78 is 0. The van der Waals surface area contributed by atoms with Crippen LogP contribution in [0.3, 0.4) is 0 Å². The quantitative estimate of drug-likeness (QED) is 0.210. The van der Waals surface area contributed by atoms with E-state index in [1.165, 1.54) is 7.05 Å². The van der Waals surface area contributed by atoms with E-state index in [2.05, 4.69) is 10.3 Å². The van der Waals surface area contributed by atoms with E-state index in [1.54, 1.807) is 0 Å². The summed E-state index contributed by atoms with van der Waals surface area (Å²) in [5, 5.41) is 3.69. The lowest BCUT2D eigenvalue weighted by Crippen LogP contribution is -2.40. The molecule has 7 nitrogen and oxygen atoms in total. The van der Waals surface area contributed by atoms with Gasteiger partial charge in [-0.15, -0.1) is 0 Å². The van der Waals surface area contributed by atoms with Gasteiger partial charge in [0.05, 0.1) is 0 Å². The molecule has 17 heavy (non-hydrogen) atoms. The number of amides is 2. The highest BCUT2D eigenvalue weighted by Crippen LogP contribution is 1.82. The lowest BCUT2D eigenvalue weighted by atomic mass is 10.4. The van der Waals surface area contributed by atoms with Crippen LogP contribution in [0, 0.1) is 0 Å². The summed E-state index contributed by atoms with van der Waals surface area (Å²) in [7, 11) is 5.46. The van der Waals surface area contributed by atoms with Gasteiger partial charge in [-0.25, -0.2) is 10.6 Å². The van der Waals surface area contributed by atoms with Crippen molar-refractivity contribution in [2.45, 2.75) is 20.3 Å². The number of hydrogen-bond acceptors (Lipinski definition) is 3. The van der Waals surface area contributed by atoms with Crippen LogP contribution in [0.4, 0.5) is 4.79 Å². The average Bonchev–Trinajstić information content (AvgIpc) is 2.26. The van der Waals surface area contributed by atoms with Crippen molar-refractivity contribution in [3.8, 4) is 0 Å². The molecule has 0 aromatic heterocycles. The van der Waals surface area contributed by atoms with Crippen molar-refractivity contribution >= 4 is 12.0 Å². The van der Waals surface area contributed by atoms with Gasteiger partial charge in [0.15, 0.2) is 0 Å². The van der Waals surface area contributed by atoms with Crippen LogP contribution in [0.25, 0.3) is 0 Å². The minimum absolute atomic E-state index is 0.0138. The second-order valence-corrected chi connectivity index (χ2v) is 3.47. The molecule has 0 spiro atoms. The minimum atomic E-state index is -0.469. The highest BCUT2D eigenvalue weighted by Gasteiger charge is 2.01. The number of nitrogens with two attached hydrogens (primary N) is 2. The molecule has 2 amide bonds. The maximum Gasteiger partial charge on any atom is 0.344 e. The number of nitrogens with zero attached hydrogens (tertiary/aromatic N) is 3. The summed E-state index contributed by atoms with van der Waals surface area (Å²) in [6, 6.07) is -0.469. The molecule has 0 heterocycles. The number of urea groups is 1. The fraction of sp³-hybridized carbons (Fsp3) is 0.800. The first kappa shape index (κ1) is 18.0. The van der Waals surface area contributed by atoms with Crippen molar-refractivity contribution in [2.75, 3.05) is 34.2 Å². The molecule has 5 N–H and O–H groups in total. The van der Waals surface area contributed by atoms with E-state index in [4.69, 9.17) is 11.6 Å². The van der Waals surface area contributed by atoms with E-state index >= 15 is 0 Å². The van der Waals surface area contributed by atoms with Gasteiger partial charge in [-0.3, -0.25) is 5.01 Å². The van der Waals surface area contributed by atoms with E-state index in [0.717, 1.165) is 18.0 Å². The molecule has 0 aromatic carbocycles. The molecule has 0 radical (unpaired) electrons. The molecular weight excluding hydrogens is 220 g/mol. The summed E-state index contributed by atoms with van der Waals surface area (Å²) in [4.78, 5) is 16.7. The first-order valence-corrected chi connectivity index (χ1v) is 5.68. The molecule has 0 aliphatic carbocycles. The van der Waals surface area contributed by atoms with Crippen molar-refractivity contribution in [1.82, 2.24) is 15.2 Å². The van der Waals surface area contributed by atoms with Gasteiger partial charge in [-0.1, -0.05) is 13.8 Å². The normalized spacial score (nSPS) is 10.6. The molecule has 7 heteroatoms. The van der Waals surface area contributed by atoms with Crippen molar-refractivity contribution in [3.63, 3.8) is 0 Å². The highest BCUT2D eigenvalue weighted by molar-refractivity contribution is 5.91. The maximum absolute atomic E-state index is 11.1. The fourth-order valence-corrected chi connectivity index (χ4v) is 0.813. The van der Waals surface area contributed by atoms with Crippen LogP contribution in [-0.4, -0.2) is 56.1 Å². The monoisotopic (exact) mass is 246 g/mol. The molecule has 0 fully saturated rings. The number of carbonyl (C=O) groups excluding carboxylic acids is 1. The molecule has 0 aromatic rings. The summed E-state index contributed by atoms with van der Waals surface area (Å²) in [6.07, 6.45) is 0.868. The molecular formula is C10H26N6O. The molecule has 0 saturated carbocycles. The molecule has 0 unspecified atom stereocenters. The molecule has 0 aliphatic heterocycles. The Kier molecular flexibility index (Phi) is 11.8. The standard InChI is InChI=1S/C8H20N6O.C2H6/c1-13(2)6-4-5-11-8(15)12-7(9)14(3)10;1-2/h4-6,10H2,1-3H3,(H3,9,11,12,15);1-2H3. The topological polar surface area (TPSA) is 100.0 Å². The Morgan fingerprint density at radius 1 is 1.29 bits per heavy atom.